The second kappa shape index (κ2) is 8.19. The summed E-state index contributed by atoms with van der Waals surface area (Å²) in [4.78, 5) is 16.6. The van der Waals surface area contributed by atoms with Gasteiger partial charge in [0.2, 0.25) is 5.91 Å². The Hall–Kier alpha value is -2.60. The molecule has 2 aromatic rings. The smallest absolute Gasteiger partial charge is 0.310 e. The van der Waals surface area contributed by atoms with Crippen LogP contribution in [0.15, 0.2) is 41.4 Å². The van der Waals surface area contributed by atoms with Crippen molar-refractivity contribution in [2.75, 3.05) is 11.1 Å². The van der Waals surface area contributed by atoms with Crippen LogP contribution >= 0.6 is 11.8 Å². The highest BCUT2D eigenvalue weighted by Crippen LogP contribution is 2.32. The summed E-state index contributed by atoms with van der Waals surface area (Å²) in [5.74, 6) is -1.34. The van der Waals surface area contributed by atoms with Crippen LogP contribution in [0.1, 0.15) is 18.1 Å². The number of rotatable bonds is 5. The minimum Gasteiger partial charge on any atom is -0.310 e. The highest BCUT2D eigenvalue weighted by molar-refractivity contribution is 7.99. The van der Waals surface area contributed by atoms with Crippen LogP contribution in [0.2, 0.25) is 0 Å². The molecule has 0 radical (unpaired) electrons. The maximum absolute atomic E-state index is 12.9. The van der Waals surface area contributed by atoms with Gasteiger partial charge in [-0.2, -0.15) is 18.4 Å². The molecule has 1 amide bonds. The molecule has 4 nitrogen and oxygen atoms in total. The van der Waals surface area contributed by atoms with Crippen molar-refractivity contribution in [3.8, 4) is 6.07 Å². The number of nitrogens with one attached hydrogen (secondary N) is 1. The van der Waals surface area contributed by atoms with E-state index in [1.807, 2.05) is 0 Å². The third-order valence-corrected chi connectivity index (χ3v) is 4.61. The number of carbonyl (C=O) groups is 1. The first-order valence-corrected chi connectivity index (χ1v) is 8.36. The molecule has 136 valence electrons. The van der Waals surface area contributed by atoms with Gasteiger partial charge in [0, 0.05) is 22.8 Å². The average Bonchev–Trinajstić information content (AvgIpc) is 2.60. The lowest BCUT2D eigenvalue weighted by Crippen LogP contribution is -2.23. The number of hydrogen-bond acceptors (Lipinski definition) is 4. The molecular formula is C17H13F4N3OS. The van der Waals surface area contributed by atoms with E-state index in [4.69, 9.17) is 5.26 Å². The fourth-order valence-electron chi connectivity index (χ4n) is 1.92. The van der Waals surface area contributed by atoms with Crippen molar-refractivity contribution >= 4 is 23.5 Å². The van der Waals surface area contributed by atoms with Crippen molar-refractivity contribution in [3.63, 3.8) is 0 Å². The Morgan fingerprint density at radius 2 is 2.00 bits per heavy atom. The first kappa shape index (κ1) is 19.7. The number of carbonyl (C=O) groups excluding carboxylic acids is 1. The summed E-state index contributed by atoms with van der Waals surface area (Å²) < 4.78 is 51.6. The van der Waals surface area contributed by atoms with Gasteiger partial charge in [0.15, 0.2) is 0 Å². The van der Waals surface area contributed by atoms with E-state index < -0.39 is 29.1 Å². The number of thioether (sulfide) groups is 1. The first-order valence-electron chi connectivity index (χ1n) is 7.37. The van der Waals surface area contributed by atoms with Crippen LogP contribution in [0.3, 0.4) is 0 Å². The molecule has 1 unspecified atom stereocenters. The van der Waals surface area contributed by atoms with E-state index in [9.17, 15) is 22.4 Å². The van der Waals surface area contributed by atoms with E-state index in [1.54, 1.807) is 19.1 Å². The molecule has 1 N–H and O–H groups in total. The molecule has 0 saturated heterocycles. The Morgan fingerprint density at radius 1 is 1.35 bits per heavy atom. The summed E-state index contributed by atoms with van der Waals surface area (Å²) in [6.45, 7) is 1.61. The summed E-state index contributed by atoms with van der Waals surface area (Å²) >= 11 is 1.32. The number of aromatic nitrogens is 1. The van der Waals surface area contributed by atoms with Gasteiger partial charge in [-0.3, -0.25) is 4.79 Å². The Morgan fingerprint density at radius 3 is 2.58 bits per heavy atom. The zero-order valence-electron chi connectivity index (χ0n) is 13.5. The van der Waals surface area contributed by atoms with Gasteiger partial charge in [0.05, 0.1) is 11.1 Å². The van der Waals surface area contributed by atoms with E-state index in [0.29, 0.717) is 11.8 Å². The van der Waals surface area contributed by atoms with E-state index >= 15 is 0 Å². The monoisotopic (exact) mass is 383 g/mol. The van der Waals surface area contributed by atoms with Crippen LogP contribution in [0, 0.1) is 23.1 Å². The van der Waals surface area contributed by atoms with Crippen LogP contribution in [-0.4, -0.2) is 16.6 Å². The Bertz CT molecular complexity index is 831. The van der Waals surface area contributed by atoms with E-state index in [0.717, 1.165) is 11.1 Å². The van der Waals surface area contributed by atoms with Crippen LogP contribution in [0.4, 0.5) is 23.4 Å². The van der Waals surface area contributed by atoms with Gasteiger partial charge < -0.3 is 5.32 Å². The van der Waals surface area contributed by atoms with Crippen molar-refractivity contribution < 1.29 is 22.4 Å². The molecule has 9 heteroatoms. The lowest BCUT2D eigenvalue weighted by Gasteiger charge is -2.13. The third-order valence-electron chi connectivity index (χ3n) is 3.34. The number of alkyl halides is 3. The predicted octanol–water partition coefficient (Wildman–Crippen LogP) is 4.48. The maximum Gasteiger partial charge on any atom is 0.417 e. The zero-order valence-corrected chi connectivity index (χ0v) is 14.3. The molecule has 0 fully saturated rings. The molecule has 0 aliphatic carbocycles. The summed E-state index contributed by atoms with van der Waals surface area (Å²) in [6, 6.07) is 7.80. The minimum atomic E-state index is -4.72. The molecule has 0 aliphatic heterocycles. The highest BCUT2D eigenvalue weighted by atomic mass is 32.2. The van der Waals surface area contributed by atoms with Gasteiger partial charge in [0.25, 0.3) is 0 Å². The van der Waals surface area contributed by atoms with E-state index in [2.05, 4.69) is 10.3 Å². The van der Waals surface area contributed by atoms with E-state index in [-0.39, 0.29) is 11.6 Å². The number of halogens is 4. The molecule has 1 aromatic heterocycles. The average molecular weight is 383 g/mol. The maximum atomic E-state index is 12.9. The lowest BCUT2D eigenvalue weighted by atomic mass is 10.1. The lowest BCUT2D eigenvalue weighted by molar-refractivity contribution is -0.137. The Balaban J connectivity index is 2.02. The fraction of sp³-hybridized carbons (Fsp3) is 0.235. The second-order valence-corrected chi connectivity index (χ2v) is 6.47. The first-order chi connectivity index (χ1) is 12.2. The number of amides is 1. The fourth-order valence-corrected chi connectivity index (χ4v) is 2.85. The van der Waals surface area contributed by atoms with Gasteiger partial charge >= 0.3 is 6.18 Å². The standard InChI is InChI=1S/C17H13F4N3OS/c1-10(9-26-13-4-2-12(18)3-5-13)16(25)24-15-6-14(17(19,20)21)11(7-22)8-23-15/h2-6,8,10H,9H2,1H3,(H,23,24,25). The number of anilines is 1. The summed E-state index contributed by atoms with van der Waals surface area (Å²) in [5, 5.41) is 11.1. The molecular weight excluding hydrogens is 370 g/mol. The topological polar surface area (TPSA) is 65.8 Å². The number of benzene rings is 1. The Labute approximate surface area is 151 Å². The van der Waals surface area contributed by atoms with Gasteiger partial charge in [0.1, 0.15) is 17.7 Å². The van der Waals surface area contributed by atoms with Crippen molar-refractivity contribution in [2.45, 2.75) is 18.0 Å². The number of pyridine rings is 1. The van der Waals surface area contributed by atoms with Gasteiger partial charge in [-0.05, 0) is 30.3 Å². The number of nitriles is 1. The van der Waals surface area contributed by atoms with Gasteiger partial charge in [-0.15, -0.1) is 11.8 Å². The van der Waals surface area contributed by atoms with Gasteiger partial charge in [-0.1, -0.05) is 6.92 Å². The molecule has 1 aromatic carbocycles. The highest BCUT2D eigenvalue weighted by Gasteiger charge is 2.34. The van der Waals surface area contributed by atoms with Gasteiger partial charge in [-0.25, -0.2) is 9.37 Å². The largest absolute Gasteiger partial charge is 0.417 e. The third kappa shape index (κ3) is 5.20. The number of nitrogens with zero attached hydrogens (tertiary/aromatic N) is 2. The Kier molecular flexibility index (Phi) is 6.21. The SMILES string of the molecule is CC(CSc1ccc(F)cc1)C(=O)Nc1cc(C(F)(F)F)c(C#N)cn1. The van der Waals surface area contributed by atoms with Crippen molar-refractivity contribution in [1.29, 1.82) is 5.26 Å². The number of hydrogen-bond donors (Lipinski definition) is 1. The van der Waals surface area contributed by atoms with Crippen LogP contribution < -0.4 is 5.32 Å². The molecule has 0 spiro atoms. The molecule has 26 heavy (non-hydrogen) atoms. The molecule has 1 atom stereocenters. The second-order valence-electron chi connectivity index (χ2n) is 5.38. The zero-order chi connectivity index (χ0) is 19.3. The van der Waals surface area contributed by atoms with Crippen LogP contribution in [0.25, 0.3) is 0 Å². The molecule has 0 bridgehead atoms. The molecule has 1 heterocycles. The summed E-state index contributed by atoms with van der Waals surface area (Å²) in [5.41, 5.74) is -1.77. The summed E-state index contributed by atoms with van der Waals surface area (Å²) in [7, 11) is 0. The molecule has 0 saturated carbocycles. The minimum absolute atomic E-state index is 0.278. The van der Waals surface area contributed by atoms with Crippen molar-refractivity contribution in [3.05, 3.63) is 53.5 Å². The van der Waals surface area contributed by atoms with E-state index in [1.165, 1.54) is 30.0 Å². The van der Waals surface area contributed by atoms with Crippen molar-refractivity contribution in [1.82, 2.24) is 4.98 Å². The van der Waals surface area contributed by atoms with Crippen LogP contribution in [0.5, 0.6) is 0 Å². The summed E-state index contributed by atoms with van der Waals surface area (Å²) in [6.07, 6.45) is -3.95. The molecule has 2 rings (SSSR count). The van der Waals surface area contributed by atoms with Crippen molar-refractivity contribution in [2.24, 2.45) is 5.92 Å². The molecule has 0 aliphatic rings. The van der Waals surface area contributed by atoms with Crippen LogP contribution in [-0.2, 0) is 11.0 Å². The predicted molar refractivity (Wildman–Crippen MR) is 88.9 cm³/mol. The quantitative estimate of drug-likeness (QED) is 0.611. The normalized spacial score (nSPS) is 12.3.